The van der Waals surface area contributed by atoms with Crippen LogP contribution in [0.2, 0.25) is 0 Å². The van der Waals surface area contributed by atoms with Gasteiger partial charge in [0.15, 0.2) is 0 Å². The Morgan fingerprint density at radius 1 is 1.18 bits per heavy atom. The third-order valence-corrected chi connectivity index (χ3v) is 2.92. The van der Waals surface area contributed by atoms with Gasteiger partial charge in [0.25, 0.3) is 0 Å². The van der Waals surface area contributed by atoms with E-state index in [1.807, 2.05) is 6.92 Å². The van der Waals surface area contributed by atoms with Crippen LogP contribution in [0.1, 0.15) is 11.4 Å². The first-order valence-corrected chi connectivity index (χ1v) is 6.66. The Kier molecular flexibility index (Phi) is 5.13. The summed E-state index contributed by atoms with van der Waals surface area (Å²) < 4.78 is 10.3. The Bertz CT molecular complexity index is 644. The first-order valence-electron chi connectivity index (χ1n) is 6.66. The summed E-state index contributed by atoms with van der Waals surface area (Å²) in [6.45, 7) is 2.14. The summed E-state index contributed by atoms with van der Waals surface area (Å²) in [7, 11) is 3.09. The van der Waals surface area contributed by atoms with E-state index in [0.717, 1.165) is 5.69 Å². The summed E-state index contributed by atoms with van der Waals surface area (Å²) in [5, 5.41) is 5.42. The van der Waals surface area contributed by atoms with Gasteiger partial charge in [-0.2, -0.15) is 0 Å². The highest BCUT2D eigenvalue weighted by Crippen LogP contribution is 2.28. The zero-order chi connectivity index (χ0) is 15.9. The molecule has 0 saturated carbocycles. The van der Waals surface area contributed by atoms with Gasteiger partial charge in [0.1, 0.15) is 11.5 Å². The summed E-state index contributed by atoms with van der Waals surface area (Å²) in [4.78, 5) is 20.2. The number of anilines is 1. The van der Waals surface area contributed by atoms with E-state index in [-0.39, 0.29) is 12.6 Å². The smallest absolute Gasteiger partial charge is 0.319 e. The largest absolute Gasteiger partial charge is 0.497 e. The number of rotatable bonds is 5. The molecule has 0 aliphatic rings. The maximum absolute atomic E-state index is 11.9. The van der Waals surface area contributed by atoms with E-state index in [9.17, 15) is 4.79 Å². The molecule has 1 aromatic carbocycles. The number of carbonyl (C=O) groups excluding carboxylic acids is 1. The molecule has 1 heterocycles. The van der Waals surface area contributed by atoms with Crippen molar-refractivity contribution in [2.75, 3.05) is 19.5 Å². The van der Waals surface area contributed by atoms with Gasteiger partial charge in [-0.1, -0.05) is 0 Å². The van der Waals surface area contributed by atoms with Crippen LogP contribution < -0.4 is 20.1 Å². The summed E-state index contributed by atoms with van der Waals surface area (Å²) >= 11 is 0. The quantitative estimate of drug-likeness (QED) is 0.883. The number of carbonyl (C=O) groups is 1. The van der Waals surface area contributed by atoms with Crippen LogP contribution in [-0.4, -0.2) is 30.2 Å². The van der Waals surface area contributed by atoms with Crippen LogP contribution in [0.15, 0.2) is 30.6 Å². The van der Waals surface area contributed by atoms with Crippen molar-refractivity contribution in [2.24, 2.45) is 0 Å². The number of ether oxygens (including phenoxy) is 2. The van der Waals surface area contributed by atoms with Crippen LogP contribution in [0.5, 0.6) is 11.5 Å². The van der Waals surface area contributed by atoms with Crippen LogP contribution in [0.3, 0.4) is 0 Å². The van der Waals surface area contributed by atoms with Gasteiger partial charge in [-0.3, -0.25) is 9.97 Å². The molecule has 0 saturated heterocycles. The van der Waals surface area contributed by atoms with Gasteiger partial charge >= 0.3 is 6.03 Å². The maximum atomic E-state index is 11.9. The van der Waals surface area contributed by atoms with Gasteiger partial charge < -0.3 is 20.1 Å². The van der Waals surface area contributed by atoms with Crippen molar-refractivity contribution >= 4 is 11.7 Å². The number of aromatic nitrogens is 2. The molecule has 22 heavy (non-hydrogen) atoms. The van der Waals surface area contributed by atoms with Gasteiger partial charge in [0.2, 0.25) is 0 Å². The van der Waals surface area contributed by atoms with Gasteiger partial charge in [0.05, 0.1) is 44.0 Å². The highest BCUT2D eigenvalue weighted by atomic mass is 16.5. The van der Waals surface area contributed by atoms with Crippen molar-refractivity contribution in [3.63, 3.8) is 0 Å². The molecule has 2 aromatic rings. The number of nitrogens with zero attached hydrogens (tertiary/aromatic N) is 2. The van der Waals surface area contributed by atoms with Crippen molar-refractivity contribution in [2.45, 2.75) is 13.5 Å². The van der Waals surface area contributed by atoms with Gasteiger partial charge in [-0.15, -0.1) is 0 Å². The molecule has 0 atom stereocenters. The van der Waals surface area contributed by atoms with E-state index in [2.05, 4.69) is 20.6 Å². The van der Waals surface area contributed by atoms with Crippen LogP contribution in [0, 0.1) is 6.92 Å². The SMILES string of the molecule is COc1ccc(NC(=O)NCc2cnc(C)cn2)c(OC)c1. The number of urea groups is 1. The predicted molar refractivity (Wildman–Crippen MR) is 82.2 cm³/mol. The fourth-order valence-corrected chi connectivity index (χ4v) is 1.75. The van der Waals surface area contributed by atoms with Crippen LogP contribution in [0.4, 0.5) is 10.5 Å². The summed E-state index contributed by atoms with van der Waals surface area (Å²) in [6, 6.07) is 4.79. The van der Waals surface area contributed by atoms with E-state index >= 15 is 0 Å². The second-order valence-corrected chi connectivity index (χ2v) is 4.52. The number of hydrogen-bond donors (Lipinski definition) is 2. The van der Waals surface area contributed by atoms with Gasteiger partial charge in [-0.25, -0.2) is 4.79 Å². The number of amides is 2. The second kappa shape index (κ2) is 7.26. The monoisotopic (exact) mass is 302 g/mol. The Hall–Kier alpha value is -2.83. The standard InChI is InChI=1S/C15H18N4O3/c1-10-7-17-11(8-16-10)9-18-15(20)19-13-5-4-12(21-2)6-14(13)22-3/h4-8H,9H2,1-3H3,(H2,18,19,20). The lowest BCUT2D eigenvalue weighted by atomic mass is 10.2. The Labute approximate surface area is 128 Å². The molecular weight excluding hydrogens is 284 g/mol. The normalized spacial score (nSPS) is 9.95. The highest BCUT2D eigenvalue weighted by molar-refractivity contribution is 5.91. The summed E-state index contributed by atoms with van der Waals surface area (Å²) in [5.74, 6) is 1.17. The number of aryl methyl sites for hydroxylation is 1. The minimum atomic E-state index is -0.356. The minimum absolute atomic E-state index is 0.289. The average molecular weight is 302 g/mol. The van der Waals surface area contributed by atoms with E-state index in [1.54, 1.807) is 37.7 Å². The average Bonchev–Trinajstić information content (AvgIpc) is 2.54. The lowest BCUT2D eigenvalue weighted by Gasteiger charge is -2.12. The molecule has 0 bridgehead atoms. The van der Waals surface area contributed by atoms with Gasteiger partial charge in [-0.05, 0) is 19.1 Å². The molecule has 0 spiro atoms. The topological polar surface area (TPSA) is 85.4 Å². The molecule has 1 aromatic heterocycles. The number of hydrogen-bond acceptors (Lipinski definition) is 5. The van der Waals surface area contributed by atoms with Crippen molar-refractivity contribution < 1.29 is 14.3 Å². The molecule has 2 rings (SSSR count). The summed E-state index contributed by atoms with van der Waals surface area (Å²) in [5.41, 5.74) is 2.06. The molecule has 2 N–H and O–H groups in total. The molecular formula is C15H18N4O3. The molecule has 0 aliphatic heterocycles. The molecule has 7 nitrogen and oxygen atoms in total. The first-order chi connectivity index (χ1) is 10.6. The van der Waals surface area contributed by atoms with Crippen molar-refractivity contribution in [3.05, 3.63) is 42.0 Å². The Morgan fingerprint density at radius 2 is 2.00 bits per heavy atom. The molecule has 0 radical (unpaired) electrons. The van der Waals surface area contributed by atoms with Gasteiger partial charge in [0, 0.05) is 12.3 Å². The van der Waals surface area contributed by atoms with E-state index in [0.29, 0.717) is 22.9 Å². The fourth-order valence-electron chi connectivity index (χ4n) is 1.75. The van der Waals surface area contributed by atoms with Crippen molar-refractivity contribution in [3.8, 4) is 11.5 Å². The van der Waals surface area contributed by atoms with E-state index < -0.39 is 0 Å². The minimum Gasteiger partial charge on any atom is -0.497 e. The predicted octanol–water partition coefficient (Wildman–Crippen LogP) is 2.12. The molecule has 116 valence electrons. The summed E-state index contributed by atoms with van der Waals surface area (Å²) in [6.07, 6.45) is 3.28. The lowest BCUT2D eigenvalue weighted by molar-refractivity contribution is 0.251. The molecule has 2 amide bonds. The third kappa shape index (κ3) is 4.08. The maximum Gasteiger partial charge on any atom is 0.319 e. The number of nitrogens with one attached hydrogen (secondary N) is 2. The molecule has 0 fully saturated rings. The van der Waals surface area contributed by atoms with Crippen molar-refractivity contribution in [1.29, 1.82) is 0 Å². The Balaban J connectivity index is 1.95. The first kappa shape index (κ1) is 15.6. The Morgan fingerprint density at radius 3 is 2.64 bits per heavy atom. The molecule has 7 heteroatoms. The zero-order valence-corrected chi connectivity index (χ0v) is 12.7. The second-order valence-electron chi connectivity index (χ2n) is 4.52. The molecule has 0 unspecified atom stereocenters. The van der Waals surface area contributed by atoms with Crippen molar-refractivity contribution in [1.82, 2.24) is 15.3 Å². The molecule has 0 aliphatic carbocycles. The van der Waals surface area contributed by atoms with Crippen LogP contribution in [0.25, 0.3) is 0 Å². The number of methoxy groups -OCH3 is 2. The van der Waals surface area contributed by atoms with Crippen LogP contribution in [-0.2, 0) is 6.54 Å². The fraction of sp³-hybridized carbons (Fsp3) is 0.267. The lowest BCUT2D eigenvalue weighted by Crippen LogP contribution is -2.28. The highest BCUT2D eigenvalue weighted by Gasteiger charge is 2.08. The third-order valence-electron chi connectivity index (χ3n) is 2.92. The van der Waals surface area contributed by atoms with E-state index in [1.165, 1.54) is 7.11 Å². The van der Waals surface area contributed by atoms with E-state index in [4.69, 9.17) is 9.47 Å². The zero-order valence-electron chi connectivity index (χ0n) is 12.7. The van der Waals surface area contributed by atoms with Crippen LogP contribution >= 0.6 is 0 Å². The number of benzene rings is 1.